The Morgan fingerprint density at radius 1 is 1.31 bits per heavy atom. The van der Waals surface area contributed by atoms with Gasteiger partial charge in [0.15, 0.2) is 16.0 Å². The summed E-state index contributed by atoms with van der Waals surface area (Å²) in [4.78, 5) is 52.1. The molecular formula is C18H18N7NaO5S4. The van der Waals surface area contributed by atoms with E-state index in [0.29, 0.717) is 28.0 Å². The van der Waals surface area contributed by atoms with Crippen molar-refractivity contribution in [2.45, 2.75) is 17.8 Å². The third-order valence-electron chi connectivity index (χ3n) is 4.78. The first-order valence-electron chi connectivity index (χ1n) is 9.65. The predicted octanol–water partition coefficient (Wildman–Crippen LogP) is -3.54. The number of carboxylic acid groups (broad SMARTS) is 1. The first kappa shape index (κ1) is 27.8. The van der Waals surface area contributed by atoms with Crippen LogP contribution in [0.4, 0.5) is 10.3 Å². The van der Waals surface area contributed by atoms with Crippen LogP contribution >= 0.6 is 46.2 Å². The topological polar surface area (TPSA) is 189 Å². The maximum absolute atomic E-state index is 12.8. The number of nitrogens with zero attached hydrogens (tertiary/aromatic N) is 4. The second-order valence-corrected chi connectivity index (χ2v) is 11.0. The van der Waals surface area contributed by atoms with E-state index in [0.717, 1.165) is 21.9 Å². The summed E-state index contributed by atoms with van der Waals surface area (Å²) < 4.78 is 0. The number of amides is 2. The standard InChI is InChI=1S/C18H19N7O5S4.Na/c1-30-24-10(8-5-34-18(20)22-8)13(26)23-11-14(27)25-12(16(28)29)9(6-32-15(11)25)31-3-2-7-4-33-17(19)21-7;/h4-5,11,15H,2-3,6H2,1H3,(H2,19,21)(H2,20,22)(H,23,26)(H,28,29);/q;+1/p-1/b24-10-;/t11-,15-;/m1./s1. The number of carbonyl (C=O) groups excluding carboxylic acids is 3. The summed E-state index contributed by atoms with van der Waals surface area (Å²) in [6.45, 7) is 0. The van der Waals surface area contributed by atoms with Gasteiger partial charge in [0.1, 0.15) is 24.2 Å². The van der Waals surface area contributed by atoms with E-state index in [-0.39, 0.29) is 51.8 Å². The molecular weight excluding hydrogens is 546 g/mol. The van der Waals surface area contributed by atoms with Gasteiger partial charge in [0.25, 0.3) is 11.8 Å². The number of thiazole rings is 2. The molecule has 0 bridgehead atoms. The van der Waals surface area contributed by atoms with Crippen molar-refractivity contribution >= 4 is 80.0 Å². The fraction of sp³-hybridized carbons (Fsp3) is 0.333. The number of hydrogen-bond acceptors (Lipinski definition) is 14. The number of β-lactam (4-membered cyclic amide) rings is 1. The Bertz CT molecular complexity index is 1200. The second-order valence-electron chi connectivity index (χ2n) is 6.89. The van der Waals surface area contributed by atoms with Crippen molar-refractivity contribution in [1.29, 1.82) is 0 Å². The molecule has 0 saturated carbocycles. The van der Waals surface area contributed by atoms with Crippen molar-refractivity contribution in [3.63, 3.8) is 0 Å². The van der Waals surface area contributed by atoms with Crippen LogP contribution in [0.25, 0.3) is 0 Å². The molecule has 2 amide bonds. The van der Waals surface area contributed by atoms with Crippen LogP contribution in [0.15, 0.2) is 26.5 Å². The molecule has 180 valence electrons. The monoisotopic (exact) mass is 563 g/mol. The summed E-state index contributed by atoms with van der Waals surface area (Å²) in [5, 5.41) is 21.7. The number of aryl methyl sites for hydroxylation is 1. The van der Waals surface area contributed by atoms with Crippen LogP contribution in [0.5, 0.6) is 0 Å². The summed E-state index contributed by atoms with van der Waals surface area (Å²) in [5.41, 5.74) is 12.0. The number of rotatable bonds is 9. The molecule has 0 radical (unpaired) electrons. The minimum absolute atomic E-state index is 0. The number of anilines is 2. The van der Waals surface area contributed by atoms with Crippen LogP contribution in [0.2, 0.25) is 0 Å². The SMILES string of the molecule is CO/N=C(\C(=O)N[C@@H]1C(=O)N2C(C(=O)[O-])=C(SCCc3csc(N)n3)CS[C@H]12)c1csc(N)n1.[Na+]. The van der Waals surface area contributed by atoms with Crippen molar-refractivity contribution in [3.8, 4) is 0 Å². The molecule has 0 spiro atoms. The number of oxime groups is 1. The van der Waals surface area contributed by atoms with E-state index in [9.17, 15) is 19.5 Å². The average Bonchev–Trinajstić information content (AvgIpc) is 3.42. The fourth-order valence-electron chi connectivity index (χ4n) is 3.31. The van der Waals surface area contributed by atoms with Gasteiger partial charge in [-0.05, 0) is 6.42 Å². The predicted molar refractivity (Wildman–Crippen MR) is 130 cm³/mol. The number of aromatic nitrogens is 2. The van der Waals surface area contributed by atoms with Gasteiger partial charge in [-0.3, -0.25) is 14.5 Å². The zero-order valence-electron chi connectivity index (χ0n) is 18.5. The molecule has 2 aliphatic rings. The molecule has 35 heavy (non-hydrogen) atoms. The van der Waals surface area contributed by atoms with Gasteiger partial charge in [-0.25, -0.2) is 9.97 Å². The van der Waals surface area contributed by atoms with Crippen LogP contribution in [0.3, 0.4) is 0 Å². The Morgan fingerprint density at radius 2 is 2.03 bits per heavy atom. The van der Waals surface area contributed by atoms with Gasteiger partial charge < -0.3 is 31.5 Å². The molecule has 4 heterocycles. The van der Waals surface area contributed by atoms with Gasteiger partial charge in [0, 0.05) is 27.2 Å². The number of nitrogens with two attached hydrogens (primary N) is 2. The molecule has 12 nitrogen and oxygen atoms in total. The minimum atomic E-state index is -1.44. The summed E-state index contributed by atoms with van der Waals surface area (Å²) in [7, 11) is 1.27. The Hall–Kier alpha value is -1.82. The van der Waals surface area contributed by atoms with Gasteiger partial charge in [0.05, 0.1) is 17.4 Å². The van der Waals surface area contributed by atoms with Gasteiger partial charge >= 0.3 is 29.6 Å². The Labute approximate surface area is 238 Å². The molecule has 2 aromatic heterocycles. The molecule has 2 aliphatic heterocycles. The van der Waals surface area contributed by atoms with Crippen molar-refractivity contribution in [2.75, 3.05) is 30.1 Å². The molecule has 17 heteroatoms. The molecule has 2 aromatic rings. The number of carboxylic acids is 1. The fourth-order valence-corrected chi connectivity index (χ4v) is 7.06. The van der Waals surface area contributed by atoms with E-state index in [2.05, 4.69) is 20.4 Å². The molecule has 5 N–H and O–H groups in total. The van der Waals surface area contributed by atoms with Crippen molar-refractivity contribution in [3.05, 3.63) is 32.8 Å². The number of aliphatic carboxylic acids is 1. The molecule has 2 atom stereocenters. The summed E-state index contributed by atoms with van der Waals surface area (Å²) in [6.07, 6.45) is 0.603. The number of fused-ring (bicyclic) bond motifs is 1. The molecule has 1 saturated heterocycles. The normalized spacial score (nSPS) is 19.5. The zero-order chi connectivity index (χ0) is 24.4. The number of thioether (sulfide) groups is 2. The molecule has 0 unspecified atom stereocenters. The van der Waals surface area contributed by atoms with E-state index < -0.39 is 29.2 Å². The summed E-state index contributed by atoms with van der Waals surface area (Å²) in [6, 6.07) is -0.936. The van der Waals surface area contributed by atoms with Gasteiger partial charge in [-0.2, -0.15) is 0 Å². The van der Waals surface area contributed by atoms with Crippen molar-refractivity contribution in [1.82, 2.24) is 20.2 Å². The van der Waals surface area contributed by atoms with Gasteiger partial charge in [0.2, 0.25) is 0 Å². The van der Waals surface area contributed by atoms with Crippen molar-refractivity contribution in [2.24, 2.45) is 5.16 Å². The van der Waals surface area contributed by atoms with Crippen LogP contribution in [0.1, 0.15) is 11.4 Å². The third-order valence-corrected chi connectivity index (χ3v) is 8.73. The van der Waals surface area contributed by atoms with E-state index in [1.165, 1.54) is 47.4 Å². The minimum Gasteiger partial charge on any atom is -0.543 e. The first-order valence-corrected chi connectivity index (χ1v) is 13.4. The van der Waals surface area contributed by atoms with Crippen LogP contribution in [-0.4, -0.2) is 68.4 Å². The zero-order valence-corrected chi connectivity index (χ0v) is 23.8. The molecule has 1 fully saturated rings. The number of nitrogen functional groups attached to an aromatic ring is 2. The average molecular weight is 564 g/mol. The van der Waals surface area contributed by atoms with Crippen molar-refractivity contribution < 1.29 is 53.9 Å². The second kappa shape index (κ2) is 11.9. The Morgan fingerprint density at radius 3 is 2.63 bits per heavy atom. The van der Waals surface area contributed by atoms with Gasteiger partial charge in [-0.1, -0.05) is 5.16 Å². The number of nitrogens with one attached hydrogen (secondary N) is 1. The first-order chi connectivity index (χ1) is 16.3. The van der Waals surface area contributed by atoms with Crippen LogP contribution < -0.4 is 51.4 Å². The maximum atomic E-state index is 12.8. The largest absolute Gasteiger partial charge is 1.00 e. The Balaban J connectivity index is 0.00000342. The summed E-state index contributed by atoms with van der Waals surface area (Å²) >= 11 is 5.15. The molecule has 4 rings (SSSR count). The maximum Gasteiger partial charge on any atom is 1.00 e. The summed E-state index contributed by atoms with van der Waals surface area (Å²) in [5.74, 6) is -1.76. The smallest absolute Gasteiger partial charge is 0.543 e. The van der Waals surface area contributed by atoms with E-state index in [4.69, 9.17) is 16.3 Å². The molecule has 0 aliphatic carbocycles. The third kappa shape index (κ3) is 5.95. The molecule has 0 aromatic carbocycles. The van der Waals surface area contributed by atoms with E-state index >= 15 is 0 Å². The quantitative estimate of drug-likeness (QED) is 0.119. The Kier molecular flexibility index (Phi) is 9.47. The van der Waals surface area contributed by atoms with E-state index in [1.54, 1.807) is 0 Å². The van der Waals surface area contributed by atoms with Gasteiger partial charge in [-0.15, -0.1) is 46.2 Å². The number of hydrogen-bond donors (Lipinski definition) is 3. The van der Waals surface area contributed by atoms with Crippen LogP contribution in [0, 0.1) is 0 Å². The van der Waals surface area contributed by atoms with E-state index in [1.807, 2.05) is 5.38 Å². The van der Waals surface area contributed by atoms with Crippen LogP contribution in [-0.2, 0) is 25.6 Å². The number of carbonyl (C=O) groups is 3.